The van der Waals surface area contributed by atoms with E-state index in [9.17, 15) is 26.8 Å². The number of ketones is 1. The lowest BCUT2D eigenvalue weighted by Gasteiger charge is -2.37. The number of fused-ring (bicyclic) bond motifs is 1. The Kier molecular flexibility index (Phi) is 7.91. The number of hydrogen-bond acceptors (Lipinski definition) is 6. The van der Waals surface area contributed by atoms with Gasteiger partial charge < -0.3 is 15.5 Å². The molecule has 3 aromatic rings. The first-order chi connectivity index (χ1) is 19.8. The first-order valence-corrected chi connectivity index (χ1v) is 15.1. The Labute approximate surface area is 243 Å². The second-order valence-corrected chi connectivity index (χ2v) is 13.1. The van der Waals surface area contributed by atoms with Gasteiger partial charge in [-0.05, 0) is 65.8 Å². The fourth-order valence-electron chi connectivity index (χ4n) is 5.71. The predicted molar refractivity (Wildman–Crippen MR) is 156 cm³/mol. The molecule has 1 amide bonds. The fraction of sp³-hybridized carbons (Fsp3) is 0.290. The summed E-state index contributed by atoms with van der Waals surface area (Å²) in [5, 5.41) is 11.4. The number of nitrogens with one attached hydrogen (secondary N) is 2. The summed E-state index contributed by atoms with van der Waals surface area (Å²) >= 11 is 0. The van der Waals surface area contributed by atoms with Crippen LogP contribution in [0.15, 0.2) is 82.9 Å². The highest BCUT2D eigenvalue weighted by Gasteiger charge is 2.42. The summed E-state index contributed by atoms with van der Waals surface area (Å²) in [7, 11) is -3.80. The third-order valence-electron chi connectivity index (χ3n) is 7.51. The highest BCUT2D eigenvalue weighted by atomic mass is 32.2. The van der Waals surface area contributed by atoms with Crippen molar-refractivity contribution >= 4 is 33.1 Å². The minimum Gasteiger partial charge on any atom is -0.357 e. The number of primary sulfonamides is 1. The predicted octanol–water partition coefficient (Wildman–Crippen LogP) is 4.59. The molecule has 1 atom stereocenters. The SMILES string of the molecule is CC1(C)CC(=O)C2=C(C1)Nc1ccccc1N(CC(=O)NCCc1ccc(S(N)(=O)=O)cc1)C2c1cc(F)cc(F)c1. The zero-order valence-corrected chi connectivity index (χ0v) is 24.1. The number of hydrogen-bond donors (Lipinski definition) is 3. The maximum atomic E-state index is 14.5. The van der Waals surface area contributed by atoms with Gasteiger partial charge in [-0.3, -0.25) is 9.59 Å². The Morgan fingerprint density at radius 2 is 1.71 bits per heavy atom. The van der Waals surface area contributed by atoms with Crippen LogP contribution in [0.25, 0.3) is 0 Å². The molecule has 11 heteroatoms. The van der Waals surface area contributed by atoms with Crippen LogP contribution in [0.1, 0.15) is 43.9 Å². The van der Waals surface area contributed by atoms with Gasteiger partial charge in [0.15, 0.2) is 5.78 Å². The number of nitrogens with zero attached hydrogens (tertiary/aromatic N) is 1. The molecule has 8 nitrogen and oxygen atoms in total. The Hall–Kier alpha value is -4.09. The Morgan fingerprint density at radius 1 is 1.05 bits per heavy atom. The number of Topliss-reactive ketones (excluding diaryl/α,β-unsaturated/α-hetero) is 1. The quantitative estimate of drug-likeness (QED) is 0.368. The van der Waals surface area contributed by atoms with Crippen LogP contribution < -0.4 is 20.7 Å². The van der Waals surface area contributed by atoms with Gasteiger partial charge in [0.05, 0.1) is 28.9 Å². The molecule has 0 saturated carbocycles. The minimum atomic E-state index is -3.80. The number of halogens is 2. The van der Waals surface area contributed by atoms with Gasteiger partial charge in [-0.2, -0.15) is 0 Å². The normalized spacial score (nSPS) is 18.1. The molecule has 3 aromatic carbocycles. The second-order valence-electron chi connectivity index (χ2n) is 11.5. The highest BCUT2D eigenvalue weighted by molar-refractivity contribution is 7.89. The third kappa shape index (κ3) is 6.37. The smallest absolute Gasteiger partial charge is 0.239 e. The standard InChI is InChI=1S/C31H32F2N4O4S/c1-31(2)16-25-29(27(38)17-31)30(20-13-21(32)15-22(33)14-20)37(26-6-4-3-5-24(26)36-25)18-28(39)35-12-11-19-7-9-23(10-8-19)42(34,40)41/h3-10,13-15,30,36H,11-12,16-18H2,1-2H3,(H,35,39)(H2,34,40,41). The van der Waals surface area contributed by atoms with Gasteiger partial charge in [0.1, 0.15) is 11.6 Å². The van der Waals surface area contributed by atoms with Crippen LogP contribution in [0, 0.1) is 17.0 Å². The number of para-hydroxylation sites is 2. The Balaban J connectivity index is 1.47. The van der Waals surface area contributed by atoms with Gasteiger partial charge in [0.25, 0.3) is 0 Å². The highest BCUT2D eigenvalue weighted by Crippen LogP contribution is 2.48. The van der Waals surface area contributed by atoms with Crippen LogP contribution >= 0.6 is 0 Å². The molecule has 0 saturated heterocycles. The van der Waals surface area contributed by atoms with E-state index in [0.29, 0.717) is 35.5 Å². The number of nitrogens with two attached hydrogens (primary N) is 1. The Bertz CT molecular complexity index is 1670. The van der Waals surface area contributed by atoms with Crippen molar-refractivity contribution in [1.82, 2.24) is 5.32 Å². The molecule has 220 valence electrons. The lowest BCUT2D eigenvalue weighted by molar-refractivity contribution is -0.120. The van der Waals surface area contributed by atoms with Crippen molar-refractivity contribution in [1.29, 1.82) is 0 Å². The lowest BCUT2D eigenvalue weighted by atomic mass is 9.73. The molecule has 0 spiro atoms. The topological polar surface area (TPSA) is 122 Å². The number of amides is 1. The van der Waals surface area contributed by atoms with Gasteiger partial charge >= 0.3 is 0 Å². The van der Waals surface area contributed by atoms with Crippen molar-refractivity contribution < 1.29 is 26.8 Å². The third-order valence-corrected chi connectivity index (χ3v) is 8.44. The molecule has 42 heavy (non-hydrogen) atoms. The lowest BCUT2D eigenvalue weighted by Crippen LogP contribution is -2.42. The van der Waals surface area contributed by atoms with Crippen LogP contribution in [0.3, 0.4) is 0 Å². The summed E-state index contributed by atoms with van der Waals surface area (Å²) in [5.74, 6) is -2.07. The number of benzene rings is 3. The zero-order valence-electron chi connectivity index (χ0n) is 23.3. The van der Waals surface area contributed by atoms with Gasteiger partial charge in [-0.25, -0.2) is 22.3 Å². The van der Waals surface area contributed by atoms with Crippen LogP contribution in [0.2, 0.25) is 0 Å². The number of anilines is 2. The maximum Gasteiger partial charge on any atom is 0.239 e. The summed E-state index contributed by atoms with van der Waals surface area (Å²) in [6, 6.07) is 15.6. The van der Waals surface area contributed by atoms with Crippen molar-refractivity contribution in [2.75, 3.05) is 23.3 Å². The van der Waals surface area contributed by atoms with Crippen LogP contribution in [0.4, 0.5) is 20.2 Å². The molecule has 1 unspecified atom stereocenters. The number of carbonyl (C=O) groups is 2. The molecular formula is C31H32F2N4O4S. The van der Waals surface area contributed by atoms with E-state index in [1.54, 1.807) is 29.2 Å². The van der Waals surface area contributed by atoms with E-state index in [1.807, 2.05) is 26.0 Å². The van der Waals surface area contributed by atoms with Gasteiger partial charge in [-0.1, -0.05) is 38.1 Å². The van der Waals surface area contributed by atoms with Crippen molar-refractivity contribution in [3.63, 3.8) is 0 Å². The van der Waals surface area contributed by atoms with E-state index >= 15 is 0 Å². The molecule has 1 aliphatic carbocycles. The molecule has 0 fully saturated rings. The molecular weight excluding hydrogens is 562 g/mol. The summed E-state index contributed by atoms with van der Waals surface area (Å²) in [4.78, 5) is 28.7. The van der Waals surface area contributed by atoms with Crippen molar-refractivity contribution in [2.24, 2.45) is 10.6 Å². The Morgan fingerprint density at radius 3 is 2.38 bits per heavy atom. The first kappa shape index (κ1) is 29.4. The van der Waals surface area contributed by atoms with Gasteiger partial charge in [-0.15, -0.1) is 0 Å². The fourth-order valence-corrected chi connectivity index (χ4v) is 6.22. The van der Waals surface area contributed by atoms with Gasteiger partial charge in [0, 0.05) is 30.3 Å². The molecule has 5 rings (SSSR count). The second kappa shape index (κ2) is 11.3. The van der Waals surface area contributed by atoms with Gasteiger partial charge in [0.2, 0.25) is 15.9 Å². The number of sulfonamides is 1. The maximum absolute atomic E-state index is 14.5. The van der Waals surface area contributed by atoms with Crippen molar-refractivity contribution in [2.45, 2.75) is 44.0 Å². The monoisotopic (exact) mass is 594 g/mol. The average Bonchev–Trinajstić information content (AvgIpc) is 3.01. The zero-order chi connectivity index (χ0) is 30.2. The van der Waals surface area contributed by atoms with E-state index in [-0.39, 0.29) is 47.1 Å². The summed E-state index contributed by atoms with van der Waals surface area (Å²) in [5.41, 5.74) is 3.05. The average molecular weight is 595 g/mol. The largest absolute Gasteiger partial charge is 0.357 e. The van der Waals surface area contributed by atoms with Crippen molar-refractivity contribution in [3.8, 4) is 0 Å². The van der Waals surface area contributed by atoms with E-state index in [4.69, 9.17) is 5.14 Å². The van der Waals surface area contributed by atoms with Crippen LogP contribution in [0.5, 0.6) is 0 Å². The first-order valence-electron chi connectivity index (χ1n) is 13.5. The van der Waals surface area contributed by atoms with Crippen LogP contribution in [-0.4, -0.2) is 33.2 Å². The molecule has 2 aliphatic rings. The van der Waals surface area contributed by atoms with E-state index in [1.165, 1.54) is 24.3 Å². The van der Waals surface area contributed by atoms with E-state index in [2.05, 4.69) is 10.6 Å². The number of allylic oxidation sites excluding steroid dienone is 1. The molecule has 0 radical (unpaired) electrons. The summed E-state index contributed by atoms with van der Waals surface area (Å²) in [6.45, 7) is 4.05. The van der Waals surface area contributed by atoms with E-state index in [0.717, 1.165) is 11.6 Å². The number of rotatable bonds is 7. The molecule has 0 bridgehead atoms. The van der Waals surface area contributed by atoms with Crippen LogP contribution in [-0.2, 0) is 26.0 Å². The van der Waals surface area contributed by atoms with Crippen molar-refractivity contribution in [3.05, 3.63) is 101 Å². The number of carbonyl (C=O) groups excluding carboxylic acids is 2. The van der Waals surface area contributed by atoms with E-state index < -0.39 is 27.7 Å². The molecule has 0 aromatic heterocycles. The molecule has 1 heterocycles. The summed E-state index contributed by atoms with van der Waals surface area (Å²) < 4.78 is 52.1. The molecule has 4 N–H and O–H groups in total. The molecule has 1 aliphatic heterocycles. The minimum absolute atomic E-state index is 0.00197. The summed E-state index contributed by atoms with van der Waals surface area (Å²) in [6.07, 6.45) is 1.22.